The number of hydrogen-bond acceptors (Lipinski definition) is 6. The van der Waals surface area contributed by atoms with E-state index in [2.05, 4.69) is 10.6 Å². The lowest BCUT2D eigenvalue weighted by Gasteiger charge is -2.27. The predicted molar refractivity (Wildman–Crippen MR) is 87.5 cm³/mol. The van der Waals surface area contributed by atoms with E-state index in [4.69, 9.17) is 15.9 Å². The Morgan fingerprint density at radius 3 is 1.92 bits per heavy atom. The van der Waals surface area contributed by atoms with Crippen LogP contribution >= 0.6 is 0 Å². The van der Waals surface area contributed by atoms with Crippen LogP contribution in [0.1, 0.15) is 40.0 Å². The molecule has 0 aliphatic rings. The molecule has 0 aromatic carbocycles. The molecule has 0 aliphatic carbocycles. The van der Waals surface area contributed by atoms with Gasteiger partial charge < -0.3 is 31.7 Å². The van der Waals surface area contributed by atoms with Gasteiger partial charge in [0, 0.05) is 6.42 Å². The number of rotatable bonds is 11. The summed E-state index contributed by atoms with van der Waals surface area (Å²) in [5.74, 6) is -4.30. The van der Waals surface area contributed by atoms with Crippen LogP contribution in [0, 0.1) is 5.92 Å². The number of nitrogens with two attached hydrogens (primary N) is 1. The summed E-state index contributed by atoms with van der Waals surface area (Å²) in [5, 5.41) is 31.7. The van der Waals surface area contributed by atoms with Gasteiger partial charge in [-0.2, -0.15) is 0 Å². The van der Waals surface area contributed by atoms with Crippen molar-refractivity contribution in [2.45, 2.75) is 64.3 Å². The first-order valence-corrected chi connectivity index (χ1v) is 8.00. The van der Waals surface area contributed by atoms with E-state index in [0.717, 1.165) is 0 Å². The average molecular weight is 361 g/mol. The van der Waals surface area contributed by atoms with Gasteiger partial charge in [-0.15, -0.1) is 0 Å². The summed E-state index contributed by atoms with van der Waals surface area (Å²) in [6, 6.07) is -3.69. The van der Waals surface area contributed by atoms with Crippen LogP contribution in [0.15, 0.2) is 0 Å². The molecule has 0 saturated carbocycles. The minimum atomic E-state index is -1.52. The van der Waals surface area contributed by atoms with Gasteiger partial charge in [-0.3, -0.25) is 14.4 Å². The summed E-state index contributed by atoms with van der Waals surface area (Å²) in [4.78, 5) is 46.0. The molecule has 0 aromatic heterocycles. The largest absolute Gasteiger partial charge is 0.481 e. The predicted octanol–water partition coefficient (Wildman–Crippen LogP) is -1.34. The highest BCUT2D eigenvalue weighted by Crippen LogP contribution is 2.10. The van der Waals surface area contributed by atoms with E-state index in [0.29, 0.717) is 6.42 Å². The van der Waals surface area contributed by atoms with Crippen molar-refractivity contribution in [2.75, 3.05) is 0 Å². The first-order chi connectivity index (χ1) is 11.5. The number of carbonyl (C=O) groups excluding carboxylic acids is 2. The molecule has 5 atom stereocenters. The van der Waals surface area contributed by atoms with Crippen molar-refractivity contribution in [1.82, 2.24) is 10.6 Å². The first-order valence-electron chi connectivity index (χ1n) is 8.00. The van der Waals surface area contributed by atoms with E-state index in [1.54, 1.807) is 13.8 Å². The molecule has 25 heavy (non-hydrogen) atoms. The van der Waals surface area contributed by atoms with Crippen LogP contribution in [0.25, 0.3) is 0 Å². The monoisotopic (exact) mass is 361 g/mol. The van der Waals surface area contributed by atoms with Crippen molar-refractivity contribution in [1.29, 1.82) is 0 Å². The summed E-state index contributed by atoms with van der Waals surface area (Å²) in [6.07, 6.45) is -1.21. The third-order valence-electron chi connectivity index (χ3n) is 3.85. The molecule has 0 fully saturated rings. The molecule has 7 N–H and O–H groups in total. The number of aliphatic hydroxyl groups excluding tert-OH is 1. The molecule has 0 radical (unpaired) electrons. The second-order valence-corrected chi connectivity index (χ2v) is 5.98. The smallest absolute Gasteiger partial charge is 0.328 e. The molecule has 10 heteroatoms. The molecular weight excluding hydrogens is 334 g/mol. The molecule has 0 saturated heterocycles. The van der Waals surface area contributed by atoms with Crippen molar-refractivity contribution < 1.29 is 34.5 Å². The Bertz CT molecular complexity index is 496. The van der Waals surface area contributed by atoms with Gasteiger partial charge in [0.1, 0.15) is 6.04 Å². The van der Waals surface area contributed by atoms with E-state index < -0.39 is 48.0 Å². The second kappa shape index (κ2) is 10.6. The van der Waals surface area contributed by atoms with E-state index in [-0.39, 0.29) is 18.8 Å². The molecule has 0 bridgehead atoms. The van der Waals surface area contributed by atoms with E-state index in [9.17, 15) is 24.3 Å². The fraction of sp³-hybridized carbons (Fsp3) is 0.733. The summed E-state index contributed by atoms with van der Waals surface area (Å²) >= 11 is 0. The number of aliphatic hydroxyl groups is 1. The summed E-state index contributed by atoms with van der Waals surface area (Å²) < 4.78 is 0. The van der Waals surface area contributed by atoms with Crippen molar-refractivity contribution in [3.05, 3.63) is 0 Å². The Morgan fingerprint density at radius 1 is 1.00 bits per heavy atom. The number of nitrogens with one attached hydrogen (secondary N) is 2. The maximum atomic E-state index is 12.4. The van der Waals surface area contributed by atoms with Gasteiger partial charge in [0.2, 0.25) is 11.8 Å². The van der Waals surface area contributed by atoms with Crippen molar-refractivity contribution >= 4 is 23.8 Å². The Hall–Kier alpha value is -2.20. The molecule has 2 amide bonds. The first kappa shape index (κ1) is 22.8. The fourth-order valence-corrected chi connectivity index (χ4v) is 2.00. The Morgan fingerprint density at radius 2 is 1.52 bits per heavy atom. The highest BCUT2D eigenvalue weighted by atomic mass is 16.4. The van der Waals surface area contributed by atoms with Gasteiger partial charge in [0.15, 0.2) is 6.04 Å². The van der Waals surface area contributed by atoms with Crippen molar-refractivity contribution in [3.63, 3.8) is 0 Å². The number of aliphatic carboxylic acids is 2. The SMILES string of the molecule is CC[C@H](C)[C@H](NC(=O)[C@@H](N)CCC(=O)O)C(=O)N[C@H](C(=O)O)[C@@H](C)O. The van der Waals surface area contributed by atoms with Gasteiger partial charge >= 0.3 is 11.9 Å². The lowest BCUT2D eigenvalue weighted by molar-refractivity contribution is -0.145. The molecule has 0 aromatic rings. The summed E-state index contributed by atoms with van der Waals surface area (Å²) in [5.41, 5.74) is 5.61. The van der Waals surface area contributed by atoms with Crippen LogP contribution in [0.2, 0.25) is 0 Å². The maximum absolute atomic E-state index is 12.4. The van der Waals surface area contributed by atoms with E-state index in [1.807, 2.05) is 0 Å². The minimum absolute atomic E-state index is 0.0958. The Labute approximate surface area is 145 Å². The minimum Gasteiger partial charge on any atom is -0.481 e. The highest BCUT2D eigenvalue weighted by Gasteiger charge is 2.32. The summed E-state index contributed by atoms with van der Waals surface area (Å²) in [7, 11) is 0. The van der Waals surface area contributed by atoms with E-state index in [1.165, 1.54) is 6.92 Å². The Kier molecular flexibility index (Phi) is 9.69. The van der Waals surface area contributed by atoms with Gasteiger partial charge in [0.05, 0.1) is 12.1 Å². The van der Waals surface area contributed by atoms with Gasteiger partial charge in [-0.25, -0.2) is 4.79 Å². The third-order valence-corrected chi connectivity index (χ3v) is 3.85. The lowest BCUT2D eigenvalue weighted by Crippen LogP contribution is -2.58. The quantitative estimate of drug-likeness (QED) is 0.261. The van der Waals surface area contributed by atoms with Crippen molar-refractivity contribution in [2.24, 2.45) is 11.7 Å². The number of hydrogen-bond donors (Lipinski definition) is 6. The van der Waals surface area contributed by atoms with E-state index >= 15 is 0 Å². The zero-order valence-electron chi connectivity index (χ0n) is 14.6. The topological polar surface area (TPSA) is 179 Å². The zero-order valence-corrected chi connectivity index (χ0v) is 14.6. The van der Waals surface area contributed by atoms with Crippen LogP contribution in [0.5, 0.6) is 0 Å². The molecule has 0 spiro atoms. The molecule has 10 nitrogen and oxygen atoms in total. The van der Waals surface area contributed by atoms with Gasteiger partial charge in [-0.05, 0) is 19.3 Å². The standard InChI is InChI=1S/C15H27N3O7/c1-4-7(2)11(14(23)18-12(8(3)19)15(24)25)17-13(22)9(16)5-6-10(20)21/h7-9,11-12,19H,4-6,16H2,1-3H3,(H,17,22)(H,18,23)(H,20,21)(H,24,25)/t7-,8+,9-,11-,12-/m0/s1. The summed E-state index contributed by atoms with van der Waals surface area (Å²) in [6.45, 7) is 4.69. The van der Waals surface area contributed by atoms with Crippen LogP contribution < -0.4 is 16.4 Å². The van der Waals surface area contributed by atoms with Crippen LogP contribution in [0.3, 0.4) is 0 Å². The molecule has 0 unspecified atom stereocenters. The number of carboxylic acids is 2. The molecule has 144 valence electrons. The van der Waals surface area contributed by atoms with Crippen LogP contribution in [-0.4, -0.2) is 63.3 Å². The van der Waals surface area contributed by atoms with Crippen LogP contribution in [-0.2, 0) is 19.2 Å². The fourth-order valence-electron chi connectivity index (χ4n) is 2.00. The molecular formula is C15H27N3O7. The van der Waals surface area contributed by atoms with Gasteiger partial charge in [0.25, 0.3) is 0 Å². The number of carbonyl (C=O) groups is 4. The average Bonchev–Trinajstić information content (AvgIpc) is 2.53. The third kappa shape index (κ3) is 7.94. The number of carboxylic acid groups (broad SMARTS) is 2. The Balaban J connectivity index is 5.05. The second-order valence-electron chi connectivity index (χ2n) is 5.98. The molecule has 0 rings (SSSR count). The zero-order chi connectivity index (χ0) is 19.7. The van der Waals surface area contributed by atoms with Gasteiger partial charge in [-0.1, -0.05) is 20.3 Å². The lowest BCUT2D eigenvalue weighted by atomic mass is 9.97. The van der Waals surface area contributed by atoms with Crippen molar-refractivity contribution in [3.8, 4) is 0 Å². The highest BCUT2D eigenvalue weighted by molar-refractivity contribution is 5.92. The maximum Gasteiger partial charge on any atom is 0.328 e. The molecule has 0 heterocycles. The van der Waals surface area contributed by atoms with Crippen LogP contribution in [0.4, 0.5) is 0 Å². The number of amides is 2. The molecule has 0 aliphatic heterocycles. The normalized spacial score (nSPS) is 16.8.